The van der Waals surface area contributed by atoms with E-state index in [0.717, 1.165) is 19.3 Å². The molecule has 5 rings (SSSR count). The average molecular weight is 429 g/mol. The number of anilines is 2. The molecule has 1 aromatic carbocycles. The first-order valence-corrected chi connectivity index (χ1v) is 10.4. The van der Waals surface area contributed by atoms with Gasteiger partial charge in [0.05, 0.1) is 28.6 Å². The number of fused-ring (bicyclic) bond motifs is 1. The summed E-state index contributed by atoms with van der Waals surface area (Å²) >= 11 is 0. The van der Waals surface area contributed by atoms with Gasteiger partial charge in [-0.1, -0.05) is 0 Å². The predicted octanol–water partition coefficient (Wildman–Crippen LogP) is 2.65. The van der Waals surface area contributed by atoms with E-state index in [-0.39, 0.29) is 12.0 Å². The van der Waals surface area contributed by atoms with Crippen LogP contribution in [0.1, 0.15) is 25.5 Å². The summed E-state index contributed by atoms with van der Waals surface area (Å²) in [7, 11) is 0. The maximum atomic E-state index is 14.8. The summed E-state index contributed by atoms with van der Waals surface area (Å²) in [6.07, 6.45) is 3.65. The molecule has 2 saturated heterocycles. The Morgan fingerprint density at radius 2 is 2.06 bits per heavy atom. The molecule has 1 atom stereocenters. The number of H-pyrrole nitrogens is 1. The molecule has 0 aliphatic carbocycles. The third-order valence-corrected chi connectivity index (χ3v) is 5.88. The van der Waals surface area contributed by atoms with Crippen molar-refractivity contribution in [3.05, 3.63) is 24.1 Å². The van der Waals surface area contributed by atoms with Gasteiger partial charge in [-0.15, -0.1) is 0 Å². The number of hydrogen-bond donors (Lipinski definition) is 3. The van der Waals surface area contributed by atoms with Crippen LogP contribution in [0.5, 0.6) is 0 Å². The Morgan fingerprint density at radius 3 is 2.77 bits per heavy atom. The lowest BCUT2D eigenvalue weighted by atomic mass is 10.2. The fraction of sp³-hybridized carbons (Fsp3) is 0.450. The van der Waals surface area contributed by atoms with Gasteiger partial charge in [0, 0.05) is 38.9 Å². The first-order valence-electron chi connectivity index (χ1n) is 10.4. The van der Waals surface area contributed by atoms with Crippen molar-refractivity contribution in [1.29, 1.82) is 0 Å². The van der Waals surface area contributed by atoms with Gasteiger partial charge in [0.15, 0.2) is 11.5 Å². The highest BCUT2D eigenvalue weighted by molar-refractivity contribution is 5.84. The number of nitrogens with two attached hydrogens (primary N) is 1. The van der Waals surface area contributed by atoms with E-state index in [0.29, 0.717) is 66.7 Å². The van der Waals surface area contributed by atoms with Crippen molar-refractivity contribution in [3.8, 4) is 11.5 Å². The fourth-order valence-corrected chi connectivity index (χ4v) is 4.18. The quantitative estimate of drug-likeness (QED) is 0.584. The van der Waals surface area contributed by atoms with E-state index in [1.54, 1.807) is 16.9 Å². The van der Waals surface area contributed by atoms with Crippen LogP contribution in [0.2, 0.25) is 0 Å². The van der Waals surface area contributed by atoms with Crippen LogP contribution in [-0.4, -0.2) is 68.6 Å². The molecule has 2 aromatic heterocycles. The lowest BCUT2D eigenvalue weighted by molar-refractivity contribution is -0.0393. The molecule has 2 aliphatic rings. The number of nitrogens with one attached hydrogen (secondary N) is 1. The lowest BCUT2D eigenvalue weighted by Crippen LogP contribution is -2.48. The Bertz CT molecular complexity index is 1110. The van der Waals surface area contributed by atoms with E-state index in [9.17, 15) is 9.18 Å². The molecule has 0 spiro atoms. The second-order valence-electron chi connectivity index (χ2n) is 7.90. The second kappa shape index (κ2) is 7.73. The molecule has 4 N–H and O–H groups in total. The van der Waals surface area contributed by atoms with Gasteiger partial charge in [-0.05, 0) is 25.3 Å². The molecular formula is C20H24FN7O3. The van der Waals surface area contributed by atoms with Crippen LogP contribution < -0.4 is 10.6 Å². The average Bonchev–Trinajstić information content (AvgIpc) is 3.36. The van der Waals surface area contributed by atoms with Crippen molar-refractivity contribution < 1.29 is 19.0 Å². The third-order valence-electron chi connectivity index (χ3n) is 5.88. The molecule has 3 aromatic rings. The van der Waals surface area contributed by atoms with Gasteiger partial charge in [-0.2, -0.15) is 5.10 Å². The van der Waals surface area contributed by atoms with Gasteiger partial charge >= 0.3 is 6.09 Å². The van der Waals surface area contributed by atoms with E-state index in [4.69, 9.17) is 15.6 Å². The van der Waals surface area contributed by atoms with Crippen molar-refractivity contribution in [1.82, 2.24) is 24.6 Å². The minimum atomic E-state index is -0.955. The summed E-state index contributed by atoms with van der Waals surface area (Å²) in [5.74, 6) is 0.0786. The Morgan fingerprint density at radius 1 is 1.26 bits per heavy atom. The van der Waals surface area contributed by atoms with Gasteiger partial charge in [-0.3, -0.25) is 0 Å². The highest BCUT2D eigenvalue weighted by Gasteiger charge is 2.24. The smallest absolute Gasteiger partial charge is 0.407 e. The number of benzene rings is 1. The molecule has 164 valence electrons. The number of nitrogens with zero attached hydrogens (tertiary/aromatic N) is 5. The van der Waals surface area contributed by atoms with E-state index in [2.05, 4.69) is 15.1 Å². The lowest BCUT2D eigenvalue weighted by Gasteiger charge is -2.34. The molecule has 4 heterocycles. The Labute approximate surface area is 177 Å². The Kier molecular flexibility index (Phi) is 4.89. The second-order valence-corrected chi connectivity index (χ2v) is 7.90. The number of aromatic nitrogens is 4. The van der Waals surface area contributed by atoms with Crippen LogP contribution in [0.25, 0.3) is 22.6 Å². The molecule has 1 amide bonds. The highest BCUT2D eigenvalue weighted by Crippen LogP contribution is 2.31. The van der Waals surface area contributed by atoms with Crippen LogP contribution in [0, 0.1) is 5.82 Å². The number of halogens is 1. The highest BCUT2D eigenvalue weighted by atomic mass is 19.1. The van der Waals surface area contributed by atoms with Gasteiger partial charge < -0.3 is 30.4 Å². The first-order chi connectivity index (χ1) is 15.0. The number of hydrogen-bond acceptors (Lipinski definition) is 6. The molecule has 0 radical (unpaired) electrons. The van der Waals surface area contributed by atoms with Gasteiger partial charge in [0.2, 0.25) is 0 Å². The van der Waals surface area contributed by atoms with Crippen LogP contribution in [0.15, 0.2) is 18.3 Å². The number of carbonyl (C=O) groups is 1. The maximum absolute atomic E-state index is 14.8. The monoisotopic (exact) mass is 429 g/mol. The molecule has 10 nitrogen and oxygen atoms in total. The van der Waals surface area contributed by atoms with Crippen LogP contribution >= 0.6 is 0 Å². The van der Waals surface area contributed by atoms with Crippen LogP contribution in [0.4, 0.5) is 20.6 Å². The molecule has 0 bridgehead atoms. The number of ether oxygens (including phenoxy) is 1. The standard InChI is InChI=1S/C20H24FN7O3/c21-12-9-14-15(10-16(12)26-4-6-27(7-5-26)20(29)30)24-19(23-14)18-13(22)11-28(25-18)17-3-1-2-8-31-17/h9-11,17H,1-8,22H2,(H,23,24)(H,29,30). The zero-order chi connectivity index (χ0) is 21.5. The predicted molar refractivity (Wildman–Crippen MR) is 112 cm³/mol. The summed E-state index contributed by atoms with van der Waals surface area (Å²) in [6, 6.07) is 3.08. The van der Waals surface area contributed by atoms with Gasteiger partial charge in [-0.25, -0.2) is 18.9 Å². The number of nitrogen functional groups attached to an aromatic ring is 1. The zero-order valence-electron chi connectivity index (χ0n) is 16.9. The number of piperazine rings is 1. The topological polar surface area (TPSA) is 126 Å². The number of rotatable bonds is 3. The molecule has 0 saturated carbocycles. The molecule has 2 fully saturated rings. The number of carboxylic acid groups (broad SMARTS) is 1. The molecule has 31 heavy (non-hydrogen) atoms. The normalized spacial score (nSPS) is 19.8. The number of imidazole rings is 1. The van der Waals surface area contributed by atoms with E-state index in [1.807, 2.05) is 4.90 Å². The molecule has 1 unspecified atom stereocenters. The van der Waals surface area contributed by atoms with E-state index >= 15 is 0 Å². The SMILES string of the molecule is Nc1cn(C2CCCCO2)nc1-c1nc2cc(N3CCN(C(=O)O)CC3)c(F)cc2[nH]1. The van der Waals surface area contributed by atoms with Gasteiger partial charge in [0.25, 0.3) is 0 Å². The summed E-state index contributed by atoms with van der Waals surface area (Å²) in [5, 5.41) is 13.7. The number of amides is 1. The largest absolute Gasteiger partial charge is 0.465 e. The molecule has 11 heteroatoms. The van der Waals surface area contributed by atoms with Crippen molar-refractivity contribution >= 4 is 28.5 Å². The van der Waals surface area contributed by atoms with Crippen LogP contribution in [0.3, 0.4) is 0 Å². The first kappa shape index (κ1) is 19.6. The van der Waals surface area contributed by atoms with Crippen LogP contribution in [-0.2, 0) is 4.74 Å². The summed E-state index contributed by atoms with van der Waals surface area (Å²) in [5.41, 5.74) is 8.70. The van der Waals surface area contributed by atoms with E-state index < -0.39 is 6.09 Å². The van der Waals surface area contributed by atoms with E-state index in [1.165, 1.54) is 11.0 Å². The third kappa shape index (κ3) is 3.65. The Hall–Kier alpha value is -3.34. The van der Waals surface area contributed by atoms with Crippen molar-refractivity contribution in [2.24, 2.45) is 0 Å². The molecular weight excluding hydrogens is 405 g/mol. The Balaban J connectivity index is 1.42. The zero-order valence-corrected chi connectivity index (χ0v) is 16.9. The maximum Gasteiger partial charge on any atom is 0.407 e. The van der Waals surface area contributed by atoms with Crippen molar-refractivity contribution in [3.63, 3.8) is 0 Å². The minimum Gasteiger partial charge on any atom is -0.465 e. The summed E-state index contributed by atoms with van der Waals surface area (Å²) in [6.45, 7) is 2.20. The summed E-state index contributed by atoms with van der Waals surface area (Å²) < 4.78 is 22.3. The van der Waals surface area contributed by atoms with Crippen molar-refractivity contribution in [2.45, 2.75) is 25.5 Å². The fourth-order valence-electron chi connectivity index (χ4n) is 4.18. The van der Waals surface area contributed by atoms with Crippen molar-refractivity contribution in [2.75, 3.05) is 43.4 Å². The minimum absolute atomic E-state index is 0.136. The summed E-state index contributed by atoms with van der Waals surface area (Å²) in [4.78, 5) is 22.0. The molecule has 2 aliphatic heterocycles. The number of aromatic amines is 1. The van der Waals surface area contributed by atoms with Gasteiger partial charge in [0.1, 0.15) is 12.0 Å².